The summed E-state index contributed by atoms with van der Waals surface area (Å²) in [5.41, 5.74) is 4.83. The van der Waals surface area contributed by atoms with Crippen LogP contribution in [0.15, 0.2) is 70.6 Å². The van der Waals surface area contributed by atoms with Gasteiger partial charge in [-0.3, -0.25) is 38.9 Å². The van der Waals surface area contributed by atoms with Gasteiger partial charge >= 0.3 is 6.09 Å². The number of morpholine rings is 1. The summed E-state index contributed by atoms with van der Waals surface area (Å²) in [5, 5.41) is 0. The summed E-state index contributed by atoms with van der Waals surface area (Å²) in [6, 6.07) is 12.1. The van der Waals surface area contributed by atoms with E-state index in [-0.39, 0.29) is 37.7 Å². The van der Waals surface area contributed by atoms with Crippen LogP contribution in [0, 0.1) is 13.8 Å². The van der Waals surface area contributed by atoms with E-state index in [1.54, 1.807) is 52.3 Å². The summed E-state index contributed by atoms with van der Waals surface area (Å²) < 4.78 is 26.3. The molecular formula is C41H51N7O8. The van der Waals surface area contributed by atoms with Gasteiger partial charge in [-0.1, -0.05) is 7.43 Å². The van der Waals surface area contributed by atoms with Gasteiger partial charge in [0.15, 0.2) is 11.5 Å². The summed E-state index contributed by atoms with van der Waals surface area (Å²) in [6.45, 7) is 14.1. The van der Waals surface area contributed by atoms with Crippen molar-refractivity contribution in [2.45, 2.75) is 73.4 Å². The van der Waals surface area contributed by atoms with Gasteiger partial charge in [-0.15, -0.1) is 0 Å². The monoisotopic (exact) mass is 769 g/mol. The first-order valence-electron chi connectivity index (χ1n) is 18.3. The normalized spacial score (nSPS) is 15.3. The van der Waals surface area contributed by atoms with E-state index in [4.69, 9.17) is 18.9 Å². The predicted molar refractivity (Wildman–Crippen MR) is 212 cm³/mol. The van der Waals surface area contributed by atoms with Crippen molar-refractivity contribution in [1.82, 2.24) is 33.9 Å². The third-order valence-electron chi connectivity index (χ3n) is 8.98. The maximum Gasteiger partial charge on any atom is 0.410 e. The van der Waals surface area contributed by atoms with Crippen molar-refractivity contribution in [3.8, 4) is 11.5 Å². The number of amides is 1. The lowest BCUT2D eigenvalue weighted by Crippen LogP contribution is -2.50. The molecule has 0 aliphatic carbocycles. The quantitative estimate of drug-likeness (QED) is 0.193. The second-order valence-corrected chi connectivity index (χ2v) is 14.6. The number of carbonyl (C=O) groups is 2. The minimum absolute atomic E-state index is 0. The lowest BCUT2D eigenvalue weighted by Gasteiger charge is -2.36. The molecule has 0 bridgehead atoms. The van der Waals surface area contributed by atoms with Crippen LogP contribution in [0.1, 0.15) is 45.0 Å². The topological polar surface area (TPSA) is 160 Å². The Kier molecular flexibility index (Phi) is 13.6. The largest absolute Gasteiger partial charge is 0.486 e. The number of aromatic nitrogens is 5. The van der Waals surface area contributed by atoms with E-state index in [9.17, 15) is 19.2 Å². The Bertz CT molecular complexity index is 2280. The van der Waals surface area contributed by atoms with Crippen molar-refractivity contribution < 1.29 is 28.5 Å². The molecule has 1 amide bonds. The van der Waals surface area contributed by atoms with E-state index < -0.39 is 11.7 Å². The Labute approximate surface area is 325 Å². The predicted octanol–water partition coefficient (Wildman–Crippen LogP) is 4.55. The van der Waals surface area contributed by atoms with Crippen LogP contribution in [0.25, 0.3) is 22.1 Å². The van der Waals surface area contributed by atoms with Gasteiger partial charge in [0.05, 0.1) is 66.3 Å². The summed E-state index contributed by atoms with van der Waals surface area (Å²) >= 11 is 0. The molecule has 0 saturated carbocycles. The average Bonchev–Trinajstić information content (AvgIpc) is 3.15. The molecule has 298 valence electrons. The van der Waals surface area contributed by atoms with Gasteiger partial charge in [0, 0.05) is 56.8 Å². The molecule has 15 heteroatoms. The number of hydrogen-bond acceptors (Lipinski definition) is 12. The number of aldehydes is 1. The SMILES string of the molecule is C.Cc1cnc2ccc(=O)n(CC=O)c2c1.Cc1cnc2ccc(=O)n(CCN3CCOC(CN(Cc4cc5c(cn4)OCCO5)C(=O)OC(C)(C)C)C3)c2c1. The zero-order chi connectivity index (χ0) is 39.1. The van der Waals surface area contributed by atoms with Crippen LogP contribution < -0.4 is 20.6 Å². The molecule has 1 unspecified atom stereocenters. The molecule has 7 heterocycles. The van der Waals surface area contributed by atoms with E-state index in [2.05, 4.69) is 19.9 Å². The number of hydrogen-bond donors (Lipinski definition) is 0. The van der Waals surface area contributed by atoms with Crippen LogP contribution in [0.4, 0.5) is 4.79 Å². The first-order chi connectivity index (χ1) is 26.4. The fourth-order valence-corrected chi connectivity index (χ4v) is 6.41. The molecule has 0 spiro atoms. The van der Waals surface area contributed by atoms with E-state index in [1.165, 1.54) is 10.6 Å². The molecule has 2 aliphatic rings. The molecular weight excluding hydrogens is 718 g/mol. The molecule has 1 fully saturated rings. The molecule has 0 N–H and O–H groups in total. The number of nitrogens with zero attached hydrogens (tertiary/aromatic N) is 7. The molecule has 5 aromatic rings. The lowest BCUT2D eigenvalue weighted by molar-refractivity contribution is -0.108. The Hall–Kier alpha value is -5.67. The third kappa shape index (κ3) is 10.5. The maximum absolute atomic E-state index is 13.2. The summed E-state index contributed by atoms with van der Waals surface area (Å²) in [5.74, 6) is 1.22. The van der Waals surface area contributed by atoms with Gasteiger partial charge < -0.3 is 28.3 Å². The van der Waals surface area contributed by atoms with Crippen molar-refractivity contribution in [1.29, 1.82) is 0 Å². The fraction of sp³-hybridized carbons (Fsp3) is 0.439. The van der Waals surface area contributed by atoms with Gasteiger partial charge in [0.25, 0.3) is 11.1 Å². The van der Waals surface area contributed by atoms with Crippen LogP contribution in [-0.4, -0.2) is 104 Å². The first-order valence-corrected chi connectivity index (χ1v) is 18.3. The highest BCUT2D eigenvalue weighted by Gasteiger charge is 2.29. The van der Waals surface area contributed by atoms with E-state index in [0.717, 1.165) is 34.2 Å². The highest BCUT2D eigenvalue weighted by molar-refractivity contribution is 5.76. The number of carbonyl (C=O) groups excluding carboxylic acids is 2. The van der Waals surface area contributed by atoms with Gasteiger partial charge in [0.1, 0.15) is 25.1 Å². The van der Waals surface area contributed by atoms with E-state index >= 15 is 0 Å². The minimum atomic E-state index is -0.645. The number of aryl methyl sites for hydroxylation is 2. The van der Waals surface area contributed by atoms with Crippen molar-refractivity contribution >= 4 is 34.4 Å². The minimum Gasteiger partial charge on any atom is -0.486 e. The molecule has 15 nitrogen and oxygen atoms in total. The smallest absolute Gasteiger partial charge is 0.410 e. The van der Waals surface area contributed by atoms with Crippen LogP contribution in [-0.2, 0) is 33.9 Å². The lowest BCUT2D eigenvalue weighted by atomic mass is 10.2. The highest BCUT2D eigenvalue weighted by Crippen LogP contribution is 2.30. The Morgan fingerprint density at radius 2 is 1.48 bits per heavy atom. The molecule has 2 aliphatic heterocycles. The zero-order valence-corrected chi connectivity index (χ0v) is 31.9. The molecule has 56 heavy (non-hydrogen) atoms. The summed E-state index contributed by atoms with van der Waals surface area (Å²) in [4.78, 5) is 64.9. The van der Waals surface area contributed by atoms with Crippen molar-refractivity contribution in [2.75, 3.05) is 46.0 Å². The average molecular weight is 770 g/mol. The molecule has 7 rings (SSSR count). The Balaban J connectivity index is 0.000000314. The third-order valence-corrected chi connectivity index (χ3v) is 8.98. The van der Waals surface area contributed by atoms with Gasteiger partial charge in [-0.2, -0.15) is 0 Å². The van der Waals surface area contributed by atoms with Crippen LogP contribution >= 0.6 is 0 Å². The molecule has 0 aromatic carbocycles. The first kappa shape index (κ1) is 41.5. The maximum atomic E-state index is 13.2. The standard InChI is InChI=1S/C29H37N5O6.C11H10N2O2.CH4/c1-20-13-24-23(31-15-20)5-6-27(35)34(24)8-7-32-9-10-37-22(18-32)19-33(28(36)40-29(2,3)4)17-21-14-25-26(16-30-21)39-12-11-38-25;1-8-6-10-9(12-7-8)2-3-11(15)13(10)4-5-14;/h5-6,13-16,22H,7-12,17-19H2,1-4H3;2-3,5-7H,4H2,1H3;1H4. The molecule has 0 radical (unpaired) electrons. The second-order valence-electron chi connectivity index (χ2n) is 14.6. The van der Waals surface area contributed by atoms with Crippen LogP contribution in [0.5, 0.6) is 11.5 Å². The van der Waals surface area contributed by atoms with Crippen LogP contribution in [0.2, 0.25) is 0 Å². The van der Waals surface area contributed by atoms with Crippen molar-refractivity contribution in [3.05, 3.63) is 98.6 Å². The van der Waals surface area contributed by atoms with E-state index in [0.29, 0.717) is 75.0 Å². The van der Waals surface area contributed by atoms with Crippen LogP contribution in [0.3, 0.4) is 0 Å². The summed E-state index contributed by atoms with van der Waals surface area (Å²) in [6.07, 6.45) is 5.21. The fourth-order valence-electron chi connectivity index (χ4n) is 6.41. The number of fused-ring (bicyclic) bond motifs is 3. The van der Waals surface area contributed by atoms with E-state index in [1.807, 2.05) is 46.8 Å². The van der Waals surface area contributed by atoms with Gasteiger partial charge in [-0.05, 0) is 70.0 Å². The number of rotatable bonds is 9. The summed E-state index contributed by atoms with van der Waals surface area (Å²) in [7, 11) is 0. The van der Waals surface area contributed by atoms with Gasteiger partial charge in [0.2, 0.25) is 0 Å². The molecule has 5 aromatic heterocycles. The number of ether oxygens (including phenoxy) is 4. The second kappa shape index (κ2) is 18.3. The highest BCUT2D eigenvalue weighted by atomic mass is 16.6. The molecule has 1 atom stereocenters. The molecule has 1 saturated heterocycles. The zero-order valence-electron chi connectivity index (χ0n) is 31.9. The Morgan fingerprint density at radius 1 is 0.857 bits per heavy atom. The Morgan fingerprint density at radius 3 is 2.12 bits per heavy atom. The van der Waals surface area contributed by atoms with Crippen molar-refractivity contribution in [3.63, 3.8) is 0 Å². The number of pyridine rings is 5. The van der Waals surface area contributed by atoms with Crippen molar-refractivity contribution in [2.24, 2.45) is 0 Å². The van der Waals surface area contributed by atoms with Gasteiger partial charge in [-0.25, -0.2) is 4.79 Å².